The zero-order valence-electron chi connectivity index (χ0n) is 27.6. The molecule has 4 nitrogen and oxygen atoms in total. The summed E-state index contributed by atoms with van der Waals surface area (Å²) in [6.45, 7) is 0. The van der Waals surface area contributed by atoms with Gasteiger partial charge in [-0.2, -0.15) is 0 Å². The van der Waals surface area contributed by atoms with E-state index in [1.54, 1.807) is 11.3 Å². The molecule has 5 heteroatoms. The van der Waals surface area contributed by atoms with E-state index >= 15 is 0 Å². The van der Waals surface area contributed by atoms with Crippen molar-refractivity contribution < 1.29 is 8.83 Å². The average molecular weight is 683 g/mol. The first-order chi connectivity index (χ1) is 25.8. The van der Waals surface area contributed by atoms with Crippen molar-refractivity contribution in [1.82, 2.24) is 9.55 Å². The first-order valence-corrected chi connectivity index (χ1v) is 18.3. The number of thiophene rings is 1. The SMILES string of the molecule is c1ccc2cc(-c3ccc4c(c3)oc3ccc5oc(-c6ccc(-n7c8ccccc8c8ccccc87)c7c6sc6ccccc67)nc5c34)ccc2c1. The van der Waals surface area contributed by atoms with Crippen LogP contribution in [0.4, 0.5) is 0 Å². The van der Waals surface area contributed by atoms with Crippen molar-refractivity contribution in [2.24, 2.45) is 0 Å². The largest absolute Gasteiger partial charge is 0.456 e. The highest BCUT2D eigenvalue weighted by atomic mass is 32.1. The normalized spacial score (nSPS) is 12.2. The Kier molecular flexibility index (Phi) is 5.62. The van der Waals surface area contributed by atoms with Crippen LogP contribution < -0.4 is 0 Å². The molecular formula is C47H26N2O2S. The van der Waals surface area contributed by atoms with Crippen LogP contribution in [-0.4, -0.2) is 9.55 Å². The predicted octanol–water partition coefficient (Wildman–Crippen LogP) is 13.7. The summed E-state index contributed by atoms with van der Waals surface area (Å²) in [5.74, 6) is 0.606. The number of rotatable bonds is 3. The molecule has 0 aliphatic heterocycles. The number of oxazole rings is 1. The summed E-state index contributed by atoms with van der Waals surface area (Å²) >= 11 is 1.79. The number of nitrogens with zero attached hydrogens (tertiary/aromatic N) is 2. The Balaban J connectivity index is 1.06. The molecule has 12 aromatic rings. The molecule has 0 aliphatic rings. The van der Waals surface area contributed by atoms with Gasteiger partial charge in [-0.15, -0.1) is 11.3 Å². The fourth-order valence-corrected chi connectivity index (χ4v) is 9.49. The van der Waals surface area contributed by atoms with Crippen LogP contribution in [0.3, 0.4) is 0 Å². The van der Waals surface area contributed by atoms with Gasteiger partial charge in [0.05, 0.1) is 32.4 Å². The summed E-state index contributed by atoms with van der Waals surface area (Å²) in [6, 6.07) is 56.0. The van der Waals surface area contributed by atoms with Gasteiger partial charge < -0.3 is 13.4 Å². The molecule has 8 aromatic carbocycles. The molecular weight excluding hydrogens is 657 g/mol. The number of para-hydroxylation sites is 2. The molecule has 0 aliphatic carbocycles. The monoisotopic (exact) mass is 682 g/mol. The number of benzene rings is 8. The van der Waals surface area contributed by atoms with E-state index in [-0.39, 0.29) is 0 Å². The summed E-state index contributed by atoms with van der Waals surface area (Å²) in [6.07, 6.45) is 0. The molecule has 0 saturated carbocycles. The second kappa shape index (κ2) is 10.4. The van der Waals surface area contributed by atoms with Crippen molar-refractivity contribution in [2.45, 2.75) is 0 Å². The molecule has 242 valence electrons. The van der Waals surface area contributed by atoms with E-state index < -0.39 is 0 Å². The van der Waals surface area contributed by atoms with E-state index in [4.69, 9.17) is 13.8 Å². The topological polar surface area (TPSA) is 44.1 Å². The van der Waals surface area contributed by atoms with Gasteiger partial charge in [-0.25, -0.2) is 4.98 Å². The lowest BCUT2D eigenvalue weighted by atomic mass is 10.00. The summed E-state index contributed by atoms with van der Waals surface area (Å²) in [5.41, 5.74) is 9.96. The van der Waals surface area contributed by atoms with Crippen molar-refractivity contribution in [2.75, 3.05) is 0 Å². The second-order valence-corrected chi connectivity index (χ2v) is 14.5. The number of furan rings is 1. The van der Waals surface area contributed by atoms with Crippen molar-refractivity contribution in [3.8, 4) is 28.3 Å². The lowest BCUT2D eigenvalue weighted by molar-refractivity contribution is 0.620. The van der Waals surface area contributed by atoms with Crippen LogP contribution in [0.25, 0.3) is 114 Å². The Morgan fingerprint density at radius 2 is 1.17 bits per heavy atom. The van der Waals surface area contributed by atoms with E-state index in [1.807, 2.05) is 12.1 Å². The molecule has 0 bridgehead atoms. The molecule has 0 spiro atoms. The van der Waals surface area contributed by atoms with Crippen LogP contribution in [0.15, 0.2) is 167 Å². The Bertz CT molecular complexity index is 3380. The maximum atomic E-state index is 6.64. The zero-order valence-corrected chi connectivity index (χ0v) is 28.4. The number of aromatic nitrogens is 2. The molecule has 0 N–H and O–H groups in total. The van der Waals surface area contributed by atoms with Crippen molar-refractivity contribution in [1.29, 1.82) is 0 Å². The highest BCUT2D eigenvalue weighted by Crippen LogP contribution is 2.46. The van der Waals surface area contributed by atoms with Gasteiger partial charge in [-0.05, 0) is 82.6 Å². The average Bonchev–Trinajstić information content (AvgIpc) is 3.97. The lowest BCUT2D eigenvalue weighted by Crippen LogP contribution is -1.95. The fraction of sp³-hybridized carbons (Fsp3) is 0. The van der Waals surface area contributed by atoms with E-state index in [0.717, 1.165) is 60.1 Å². The van der Waals surface area contributed by atoms with E-state index in [2.05, 4.69) is 150 Å². The van der Waals surface area contributed by atoms with Gasteiger partial charge in [0.1, 0.15) is 16.7 Å². The zero-order chi connectivity index (χ0) is 33.9. The quantitative estimate of drug-likeness (QED) is 0.186. The van der Waals surface area contributed by atoms with Gasteiger partial charge in [0.25, 0.3) is 0 Å². The Morgan fingerprint density at radius 3 is 2.02 bits per heavy atom. The summed E-state index contributed by atoms with van der Waals surface area (Å²) < 4.78 is 17.9. The maximum absolute atomic E-state index is 6.64. The van der Waals surface area contributed by atoms with E-state index in [1.165, 1.54) is 48.1 Å². The third-order valence-corrected chi connectivity index (χ3v) is 11.8. The van der Waals surface area contributed by atoms with Gasteiger partial charge in [-0.3, -0.25) is 0 Å². The molecule has 4 heterocycles. The van der Waals surface area contributed by atoms with Crippen molar-refractivity contribution in [3.05, 3.63) is 158 Å². The number of fused-ring (bicyclic) bond motifs is 12. The second-order valence-electron chi connectivity index (χ2n) is 13.5. The minimum Gasteiger partial charge on any atom is -0.456 e. The first kappa shape index (κ1) is 28.1. The molecule has 4 aromatic heterocycles. The van der Waals surface area contributed by atoms with Gasteiger partial charge in [0.2, 0.25) is 5.89 Å². The van der Waals surface area contributed by atoms with Crippen molar-refractivity contribution >= 4 is 97.1 Å². The molecule has 12 rings (SSSR count). The molecule has 0 radical (unpaired) electrons. The number of hydrogen-bond acceptors (Lipinski definition) is 4. The van der Waals surface area contributed by atoms with Crippen LogP contribution in [0, 0.1) is 0 Å². The van der Waals surface area contributed by atoms with Crippen LogP contribution in [0.2, 0.25) is 0 Å². The van der Waals surface area contributed by atoms with Crippen LogP contribution in [0.1, 0.15) is 0 Å². The number of hydrogen-bond donors (Lipinski definition) is 0. The Labute approximate surface area is 300 Å². The van der Waals surface area contributed by atoms with Crippen LogP contribution in [0.5, 0.6) is 0 Å². The highest BCUT2D eigenvalue weighted by Gasteiger charge is 2.23. The Hall–Kier alpha value is -6.69. The molecule has 0 fully saturated rings. The lowest BCUT2D eigenvalue weighted by Gasteiger charge is -2.11. The third kappa shape index (κ3) is 3.88. The Morgan fingerprint density at radius 1 is 0.481 bits per heavy atom. The van der Waals surface area contributed by atoms with Crippen LogP contribution in [-0.2, 0) is 0 Å². The highest BCUT2D eigenvalue weighted by molar-refractivity contribution is 7.26. The minimum atomic E-state index is 0.606. The van der Waals surface area contributed by atoms with E-state index in [0.29, 0.717) is 5.89 Å². The molecule has 52 heavy (non-hydrogen) atoms. The maximum Gasteiger partial charge on any atom is 0.228 e. The summed E-state index contributed by atoms with van der Waals surface area (Å²) in [5, 5.41) is 9.37. The van der Waals surface area contributed by atoms with Gasteiger partial charge >= 0.3 is 0 Å². The van der Waals surface area contributed by atoms with Gasteiger partial charge in [0.15, 0.2) is 5.58 Å². The minimum absolute atomic E-state index is 0.606. The summed E-state index contributed by atoms with van der Waals surface area (Å²) in [7, 11) is 0. The van der Waals surface area contributed by atoms with Gasteiger partial charge in [0, 0.05) is 31.6 Å². The first-order valence-electron chi connectivity index (χ1n) is 17.4. The summed E-state index contributed by atoms with van der Waals surface area (Å²) in [4.78, 5) is 5.23. The fourth-order valence-electron chi connectivity index (χ4n) is 8.26. The molecule has 0 saturated heterocycles. The third-order valence-electron chi connectivity index (χ3n) is 10.6. The molecule has 0 atom stereocenters. The van der Waals surface area contributed by atoms with E-state index in [9.17, 15) is 0 Å². The predicted molar refractivity (Wildman–Crippen MR) is 217 cm³/mol. The standard InChI is InChI=1S/C47H26N2O2S/c1-2-10-28-25-29(18-17-27(28)9-1)30-19-20-33-41(26-30)50-39-23-24-40-45(44(33)39)48-47(51-40)35-21-22-38(43-34-13-5-8-16-42(34)52-46(35)43)49-36-14-6-3-11-31(36)32-12-4-7-15-37(32)49/h1-26H. The molecule has 0 amide bonds. The molecule has 0 unspecified atom stereocenters. The van der Waals surface area contributed by atoms with Crippen LogP contribution >= 0.6 is 11.3 Å². The van der Waals surface area contributed by atoms with Gasteiger partial charge in [-0.1, -0.05) is 97.1 Å². The van der Waals surface area contributed by atoms with Crippen molar-refractivity contribution in [3.63, 3.8) is 0 Å². The smallest absolute Gasteiger partial charge is 0.228 e.